The van der Waals surface area contributed by atoms with Crippen LogP contribution in [0, 0.1) is 22.7 Å². The van der Waals surface area contributed by atoms with Gasteiger partial charge in [0.05, 0.1) is 0 Å². The highest BCUT2D eigenvalue weighted by Crippen LogP contribution is 2.61. The Hall–Kier alpha value is -2.79. The molecule has 8 fully saturated rings. The minimum Gasteiger partial charge on any atom is -0.426 e. The van der Waals surface area contributed by atoms with Crippen molar-refractivity contribution in [3.05, 3.63) is 0 Å². The molecule has 23 heteroatoms. The van der Waals surface area contributed by atoms with Crippen LogP contribution in [0.1, 0.15) is 64.2 Å². The van der Waals surface area contributed by atoms with Crippen LogP contribution in [0.4, 0.5) is 57.5 Å². The normalized spacial score (nSPS) is 27.3. The fourth-order valence-electron chi connectivity index (χ4n) is 9.17. The zero-order valence-electron chi connectivity index (χ0n) is 32.9. The summed E-state index contributed by atoms with van der Waals surface area (Å²) in [5.41, 5.74) is 0.0882. The van der Waals surface area contributed by atoms with E-state index in [2.05, 4.69) is 24.8 Å². The number of piperidine rings is 2. The fraction of sp³-hybridized carbons (Fsp3) is 0.919. The Bertz CT molecular complexity index is 1480. The molecular formula is C37H52F12N6O5. The molecule has 3 amide bonds. The zero-order valence-corrected chi connectivity index (χ0v) is 32.9. The molecule has 0 radical (unpaired) electrons. The first-order valence-electron chi connectivity index (χ1n) is 20.5. The summed E-state index contributed by atoms with van der Waals surface area (Å²) in [6.07, 6.45) is -22.6. The average molecular weight is 889 g/mol. The van der Waals surface area contributed by atoms with Crippen molar-refractivity contribution in [3.63, 3.8) is 0 Å². The molecule has 2 N–H and O–H groups in total. The third-order valence-corrected chi connectivity index (χ3v) is 13.4. The lowest BCUT2D eigenvalue weighted by Gasteiger charge is -2.36. The number of aliphatic hydroxyl groups excluding tert-OH is 1. The van der Waals surface area contributed by atoms with Gasteiger partial charge in [-0.2, -0.15) is 52.7 Å². The van der Waals surface area contributed by atoms with Gasteiger partial charge < -0.3 is 29.9 Å². The van der Waals surface area contributed by atoms with E-state index in [1.54, 1.807) is 0 Å². The molecular weight excluding hydrogens is 836 g/mol. The van der Waals surface area contributed by atoms with Crippen LogP contribution >= 0.6 is 0 Å². The second-order valence-corrected chi connectivity index (χ2v) is 17.5. The summed E-state index contributed by atoms with van der Waals surface area (Å²) < 4.78 is 145. The van der Waals surface area contributed by atoms with Crippen LogP contribution in [0.25, 0.3) is 0 Å². The molecule has 8 rings (SSSR count). The number of carbonyl (C=O) groups is 3. The number of alkyl halides is 12. The molecule has 4 aliphatic carbocycles. The highest BCUT2D eigenvalue weighted by atomic mass is 19.4. The summed E-state index contributed by atoms with van der Waals surface area (Å²) >= 11 is 0. The van der Waals surface area contributed by atoms with Crippen LogP contribution in [0.2, 0.25) is 0 Å². The molecule has 0 bridgehead atoms. The summed E-state index contributed by atoms with van der Waals surface area (Å²) in [7, 11) is 0. The van der Waals surface area contributed by atoms with E-state index in [1.807, 2.05) is 4.90 Å². The Morgan fingerprint density at radius 3 is 1.22 bits per heavy atom. The molecule has 60 heavy (non-hydrogen) atoms. The number of rotatable bonds is 5. The summed E-state index contributed by atoms with van der Waals surface area (Å²) in [6, 6.07) is 1.51. The molecule has 2 unspecified atom stereocenters. The van der Waals surface area contributed by atoms with Crippen molar-refractivity contribution in [2.45, 2.75) is 113 Å². The van der Waals surface area contributed by atoms with Crippen molar-refractivity contribution < 1.29 is 76.9 Å². The van der Waals surface area contributed by atoms with E-state index in [-0.39, 0.29) is 30.3 Å². The largest absolute Gasteiger partial charge is 0.434 e. The molecule has 0 aromatic heterocycles. The fourth-order valence-corrected chi connectivity index (χ4v) is 9.17. The predicted molar refractivity (Wildman–Crippen MR) is 187 cm³/mol. The van der Waals surface area contributed by atoms with Crippen LogP contribution in [0.3, 0.4) is 0 Å². The van der Waals surface area contributed by atoms with Gasteiger partial charge in [0, 0.05) is 89.4 Å². The average Bonchev–Trinajstić information content (AvgIpc) is 3.99. The Morgan fingerprint density at radius 2 is 0.900 bits per heavy atom. The summed E-state index contributed by atoms with van der Waals surface area (Å²) in [5.74, 6) is 0.719. The highest BCUT2D eigenvalue weighted by Gasteiger charge is 2.63. The molecule has 2 spiro atoms. The Morgan fingerprint density at radius 1 is 0.533 bits per heavy atom. The van der Waals surface area contributed by atoms with Crippen molar-refractivity contribution >= 4 is 17.9 Å². The quantitative estimate of drug-likeness (QED) is 0.364. The van der Waals surface area contributed by atoms with Crippen LogP contribution in [0.5, 0.6) is 0 Å². The maximum atomic E-state index is 12.9. The maximum Gasteiger partial charge on any atom is 0.434 e. The van der Waals surface area contributed by atoms with Gasteiger partial charge in [-0.15, -0.1) is 0 Å². The molecule has 4 heterocycles. The van der Waals surface area contributed by atoms with Gasteiger partial charge in [0.2, 0.25) is 17.9 Å². The van der Waals surface area contributed by atoms with Gasteiger partial charge in [-0.1, -0.05) is 0 Å². The van der Waals surface area contributed by atoms with Crippen LogP contribution in [-0.4, -0.2) is 175 Å². The van der Waals surface area contributed by atoms with E-state index in [0.29, 0.717) is 55.6 Å². The topological polar surface area (TPSA) is 109 Å². The smallest absolute Gasteiger partial charge is 0.426 e. The van der Waals surface area contributed by atoms with Gasteiger partial charge in [0.15, 0.2) is 0 Å². The first-order chi connectivity index (χ1) is 27.8. The van der Waals surface area contributed by atoms with Crippen molar-refractivity contribution in [1.82, 2.24) is 29.8 Å². The molecule has 8 aliphatic rings. The van der Waals surface area contributed by atoms with E-state index in [9.17, 15) is 67.1 Å². The summed E-state index contributed by atoms with van der Waals surface area (Å²) in [6.45, 7) is 9.40. The number of hydrogen-bond acceptors (Lipinski definition) is 8. The van der Waals surface area contributed by atoms with E-state index in [1.165, 1.54) is 38.5 Å². The van der Waals surface area contributed by atoms with Crippen LogP contribution in [-0.2, 0) is 14.3 Å². The van der Waals surface area contributed by atoms with E-state index in [0.717, 1.165) is 69.7 Å². The van der Waals surface area contributed by atoms with Crippen LogP contribution < -0.4 is 5.32 Å². The molecule has 11 nitrogen and oxygen atoms in total. The second kappa shape index (κ2) is 17.4. The molecule has 4 aliphatic heterocycles. The minimum atomic E-state index is -5.73. The number of nitrogens with zero attached hydrogens (tertiary/aromatic N) is 5. The van der Waals surface area contributed by atoms with Gasteiger partial charge >= 0.3 is 30.8 Å². The zero-order chi connectivity index (χ0) is 44.1. The molecule has 4 saturated carbocycles. The molecule has 344 valence electrons. The number of nitrogens with one attached hydrogen (secondary N) is 1. The molecule has 0 aromatic rings. The number of amides is 3. The number of ether oxygens (including phenoxy) is 1. The number of likely N-dealkylation sites (tertiary alicyclic amines) is 1. The number of carbonyl (C=O) groups excluding carboxylic acids is 3. The van der Waals surface area contributed by atoms with Crippen molar-refractivity contribution in [2.24, 2.45) is 22.7 Å². The molecule has 2 atom stereocenters. The van der Waals surface area contributed by atoms with E-state index in [4.69, 9.17) is 5.11 Å². The van der Waals surface area contributed by atoms with Gasteiger partial charge in [-0.05, 0) is 88.1 Å². The van der Waals surface area contributed by atoms with E-state index < -0.39 is 43.0 Å². The van der Waals surface area contributed by atoms with Gasteiger partial charge in [-0.25, -0.2) is 4.79 Å². The summed E-state index contributed by atoms with van der Waals surface area (Å²) in [4.78, 5) is 47.2. The monoisotopic (exact) mass is 888 g/mol. The first-order valence-corrected chi connectivity index (χ1v) is 20.5. The number of piperazine rings is 2. The summed E-state index contributed by atoms with van der Waals surface area (Å²) in [5, 5.41) is 10.9. The van der Waals surface area contributed by atoms with Gasteiger partial charge in [-0.3, -0.25) is 19.4 Å². The third-order valence-electron chi connectivity index (χ3n) is 13.4. The van der Waals surface area contributed by atoms with Crippen molar-refractivity contribution in [1.29, 1.82) is 0 Å². The first kappa shape index (κ1) is 46.7. The van der Waals surface area contributed by atoms with E-state index >= 15 is 0 Å². The number of aliphatic hydroxyl groups is 1. The Balaban J connectivity index is 0.000000175. The molecule has 0 aromatic carbocycles. The highest BCUT2D eigenvalue weighted by molar-refractivity contribution is 5.83. The maximum absolute atomic E-state index is 12.9. The third kappa shape index (κ3) is 11.4. The van der Waals surface area contributed by atoms with Crippen LogP contribution in [0.15, 0.2) is 0 Å². The Kier molecular flexibility index (Phi) is 13.6. The van der Waals surface area contributed by atoms with Gasteiger partial charge in [0.25, 0.3) is 6.10 Å². The minimum absolute atomic E-state index is 0.0273. The SMILES string of the molecule is O=C(C1CC12CCNCC2)N1CCN(C2CC2)CC1.O=C(OC(C(F)(F)F)C(F)(F)F)N1CCC2(CC1)CC2C(=O)N1CCN(C2CC2)CC1.OC(C(F)(F)F)C(F)(F)F. The second-order valence-electron chi connectivity index (χ2n) is 17.5. The standard InChI is InChI=1S/C19H25F6N3O3.C15H25N3O.C3H2F6O/c20-18(21,22)15(19(23,24)25)31-16(30)28-5-3-17(4-6-28)11-13(17)14(29)27-9-7-26(8-10-27)12-1-2-12;19-14(13-11-15(13)3-5-16-6-4-15)18-9-7-17(8-10-18)12-1-2-12;4-2(5,6)1(10)3(7,8)9/h12-13,15H,1-11H2;12-13,16H,1-11H2;1,10H. The Labute approximate surface area is 339 Å². The van der Waals surface area contributed by atoms with Crippen molar-refractivity contribution in [2.75, 3.05) is 78.5 Å². The number of halogens is 12. The lowest BCUT2D eigenvalue weighted by molar-refractivity contribution is -0.309. The van der Waals surface area contributed by atoms with Gasteiger partial charge in [0.1, 0.15) is 0 Å². The lowest BCUT2D eigenvalue weighted by atomic mass is 9.90. The lowest BCUT2D eigenvalue weighted by Crippen LogP contribution is -2.51. The predicted octanol–water partition coefficient (Wildman–Crippen LogP) is 5.18. The van der Waals surface area contributed by atoms with Crippen molar-refractivity contribution in [3.8, 4) is 0 Å². The molecule has 4 saturated heterocycles. The number of hydrogen-bond donors (Lipinski definition) is 2.